The molecular formula is C19H30N6O8S. The van der Waals surface area contributed by atoms with Crippen LogP contribution < -0.4 is 21.7 Å². The van der Waals surface area contributed by atoms with Crippen LogP contribution in [0.4, 0.5) is 0 Å². The molecule has 15 heteroatoms. The number of nitrogens with one attached hydrogen (secondary N) is 4. The Balaban J connectivity index is 2.92. The average Bonchev–Trinajstić information content (AvgIpc) is 3.26. The molecule has 14 nitrogen and oxygen atoms in total. The molecule has 34 heavy (non-hydrogen) atoms. The number of hydrogen-bond acceptors (Lipinski definition) is 9. The third-order valence-electron chi connectivity index (χ3n) is 4.64. The molecule has 0 saturated carbocycles. The SMILES string of the molecule is CSCCC(N)C(=O)NC(CC(=O)O)C(=O)NC(C(=O)NC(Cc1cnc[nH]1)C(=O)O)C(C)O. The van der Waals surface area contributed by atoms with Gasteiger partial charge in [0.25, 0.3) is 0 Å². The van der Waals surface area contributed by atoms with Gasteiger partial charge in [0.1, 0.15) is 18.1 Å². The number of aromatic amines is 1. The lowest BCUT2D eigenvalue weighted by molar-refractivity contribution is -0.144. The normalized spacial score (nSPS) is 15.3. The highest BCUT2D eigenvalue weighted by Crippen LogP contribution is 2.04. The van der Waals surface area contributed by atoms with Gasteiger partial charge in [-0.1, -0.05) is 0 Å². The summed E-state index contributed by atoms with van der Waals surface area (Å²) in [6, 6.07) is -5.60. The lowest BCUT2D eigenvalue weighted by atomic mass is 10.1. The Bertz CT molecular complexity index is 850. The molecule has 0 bridgehead atoms. The van der Waals surface area contributed by atoms with Gasteiger partial charge < -0.3 is 42.0 Å². The van der Waals surface area contributed by atoms with Crippen LogP contribution in [-0.4, -0.2) is 97.2 Å². The van der Waals surface area contributed by atoms with Gasteiger partial charge in [0.05, 0.1) is 24.9 Å². The zero-order valence-corrected chi connectivity index (χ0v) is 19.5. The maximum absolute atomic E-state index is 12.7. The number of nitrogens with two attached hydrogens (primary N) is 1. The molecule has 0 spiro atoms. The predicted octanol–water partition coefficient (Wildman–Crippen LogP) is -2.57. The highest BCUT2D eigenvalue weighted by atomic mass is 32.2. The fraction of sp³-hybridized carbons (Fsp3) is 0.579. The zero-order chi connectivity index (χ0) is 25.8. The van der Waals surface area contributed by atoms with Crippen molar-refractivity contribution in [1.82, 2.24) is 25.9 Å². The van der Waals surface area contributed by atoms with E-state index in [1.807, 2.05) is 6.26 Å². The number of amides is 3. The molecule has 9 N–H and O–H groups in total. The monoisotopic (exact) mass is 502 g/mol. The summed E-state index contributed by atoms with van der Waals surface area (Å²) in [7, 11) is 0. The summed E-state index contributed by atoms with van der Waals surface area (Å²) in [4.78, 5) is 66.8. The van der Waals surface area contributed by atoms with Crippen molar-refractivity contribution < 1.29 is 39.3 Å². The van der Waals surface area contributed by atoms with E-state index in [0.717, 1.165) is 0 Å². The summed E-state index contributed by atoms with van der Waals surface area (Å²) in [6.45, 7) is 1.18. The topological polar surface area (TPSA) is 237 Å². The molecule has 1 rings (SSSR count). The van der Waals surface area contributed by atoms with Crippen LogP contribution in [0.15, 0.2) is 12.5 Å². The van der Waals surface area contributed by atoms with E-state index in [0.29, 0.717) is 17.9 Å². The number of nitrogens with zero attached hydrogens (tertiary/aromatic N) is 1. The van der Waals surface area contributed by atoms with Crippen LogP contribution in [0.2, 0.25) is 0 Å². The number of carbonyl (C=O) groups is 5. The summed E-state index contributed by atoms with van der Waals surface area (Å²) >= 11 is 1.45. The lowest BCUT2D eigenvalue weighted by Gasteiger charge is -2.26. The fourth-order valence-corrected chi connectivity index (χ4v) is 3.27. The summed E-state index contributed by atoms with van der Waals surface area (Å²) in [5.74, 6) is -5.03. The second-order valence-corrected chi connectivity index (χ2v) is 8.44. The Labute approximate surface area is 199 Å². The van der Waals surface area contributed by atoms with E-state index in [2.05, 4.69) is 25.9 Å². The average molecular weight is 503 g/mol. The molecule has 0 aromatic carbocycles. The van der Waals surface area contributed by atoms with Crippen molar-refractivity contribution in [2.45, 2.75) is 56.5 Å². The minimum absolute atomic E-state index is 0.146. The van der Waals surface area contributed by atoms with Crippen LogP contribution >= 0.6 is 11.8 Å². The molecule has 5 unspecified atom stereocenters. The molecule has 0 aliphatic heterocycles. The number of aromatic nitrogens is 2. The van der Waals surface area contributed by atoms with Gasteiger partial charge in [-0.05, 0) is 25.4 Å². The Morgan fingerprint density at radius 2 is 1.74 bits per heavy atom. The van der Waals surface area contributed by atoms with Gasteiger partial charge in [0.15, 0.2) is 0 Å². The number of H-pyrrole nitrogens is 1. The second-order valence-electron chi connectivity index (χ2n) is 7.45. The number of thioether (sulfide) groups is 1. The van der Waals surface area contributed by atoms with E-state index < -0.39 is 66.4 Å². The largest absolute Gasteiger partial charge is 0.481 e. The van der Waals surface area contributed by atoms with Crippen molar-refractivity contribution in [2.24, 2.45) is 5.73 Å². The van der Waals surface area contributed by atoms with Gasteiger partial charge in [0.2, 0.25) is 17.7 Å². The van der Waals surface area contributed by atoms with E-state index in [4.69, 9.17) is 10.8 Å². The molecule has 190 valence electrons. The van der Waals surface area contributed by atoms with E-state index in [1.165, 1.54) is 31.2 Å². The van der Waals surface area contributed by atoms with Gasteiger partial charge in [-0.3, -0.25) is 19.2 Å². The molecule has 0 fully saturated rings. The summed E-state index contributed by atoms with van der Waals surface area (Å²) in [5, 5.41) is 35.2. The highest BCUT2D eigenvalue weighted by Gasteiger charge is 2.33. The van der Waals surface area contributed by atoms with Crippen molar-refractivity contribution in [3.05, 3.63) is 18.2 Å². The van der Waals surface area contributed by atoms with Crippen LogP contribution in [0, 0.1) is 0 Å². The first-order valence-corrected chi connectivity index (χ1v) is 11.6. The maximum Gasteiger partial charge on any atom is 0.326 e. The number of aliphatic hydroxyl groups is 1. The Morgan fingerprint density at radius 1 is 1.09 bits per heavy atom. The summed E-state index contributed by atoms with van der Waals surface area (Å²) in [5.41, 5.74) is 6.17. The molecule has 0 radical (unpaired) electrons. The molecule has 3 amide bonds. The van der Waals surface area contributed by atoms with Crippen LogP contribution in [0.25, 0.3) is 0 Å². The standard InChI is InChI=1S/C19H30N6O8S/c1-9(26)15(18(31)24-13(19(32)33)5-10-7-21-8-22-10)25-17(30)12(6-14(27)28)23-16(29)11(20)3-4-34-2/h7-9,11-13,15,26H,3-6,20H2,1-2H3,(H,21,22)(H,23,29)(H,24,31)(H,25,30)(H,27,28)(H,32,33). The van der Waals surface area contributed by atoms with Crippen LogP contribution in [0.1, 0.15) is 25.5 Å². The van der Waals surface area contributed by atoms with Crippen LogP contribution in [0.3, 0.4) is 0 Å². The second kappa shape index (κ2) is 14.2. The Kier molecular flexibility index (Phi) is 12.0. The number of hydrogen-bond donors (Lipinski definition) is 8. The number of aliphatic hydroxyl groups excluding tert-OH is 1. The number of carbonyl (C=O) groups excluding carboxylic acids is 3. The number of aliphatic carboxylic acids is 2. The van der Waals surface area contributed by atoms with Gasteiger partial charge in [0, 0.05) is 18.3 Å². The fourth-order valence-electron chi connectivity index (χ4n) is 2.78. The van der Waals surface area contributed by atoms with Crippen molar-refractivity contribution in [1.29, 1.82) is 0 Å². The third kappa shape index (κ3) is 9.76. The maximum atomic E-state index is 12.7. The molecule has 0 aliphatic rings. The molecule has 0 aliphatic carbocycles. The molecular weight excluding hydrogens is 472 g/mol. The van der Waals surface area contributed by atoms with Crippen LogP contribution in [0.5, 0.6) is 0 Å². The van der Waals surface area contributed by atoms with Gasteiger partial charge >= 0.3 is 11.9 Å². The molecule has 0 saturated heterocycles. The number of carboxylic acids is 2. The van der Waals surface area contributed by atoms with Crippen molar-refractivity contribution in [3.8, 4) is 0 Å². The first-order valence-electron chi connectivity index (χ1n) is 10.2. The summed E-state index contributed by atoms with van der Waals surface area (Å²) in [6.07, 6.45) is 2.38. The molecule has 1 aromatic heterocycles. The zero-order valence-electron chi connectivity index (χ0n) is 18.7. The van der Waals surface area contributed by atoms with Crippen molar-refractivity contribution in [2.75, 3.05) is 12.0 Å². The Hall–Kier alpha value is -3.17. The number of imidazole rings is 1. The lowest BCUT2D eigenvalue weighted by Crippen LogP contribution is -2.60. The van der Waals surface area contributed by atoms with E-state index >= 15 is 0 Å². The molecule has 1 aromatic rings. The van der Waals surface area contributed by atoms with Gasteiger partial charge in [-0.15, -0.1) is 0 Å². The quantitative estimate of drug-likeness (QED) is 0.124. The first-order chi connectivity index (χ1) is 16.0. The van der Waals surface area contributed by atoms with Gasteiger partial charge in [-0.25, -0.2) is 9.78 Å². The minimum atomic E-state index is -1.63. The first kappa shape index (κ1) is 28.9. The highest BCUT2D eigenvalue weighted by molar-refractivity contribution is 7.98. The van der Waals surface area contributed by atoms with Crippen molar-refractivity contribution >= 4 is 41.4 Å². The number of rotatable bonds is 15. The minimum Gasteiger partial charge on any atom is -0.481 e. The predicted molar refractivity (Wildman–Crippen MR) is 121 cm³/mol. The van der Waals surface area contributed by atoms with E-state index in [1.54, 1.807) is 0 Å². The Morgan fingerprint density at radius 3 is 2.24 bits per heavy atom. The van der Waals surface area contributed by atoms with E-state index in [9.17, 15) is 34.2 Å². The smallest absolute Gasteiger partial charge is 0.326 e. The molecule has 1 heterocycles. The van der Waals surface area contributed by atoms with Gasteiger partial charge in [-0.2, -0.15) is 11.8 Å². The third-order valence-corrected chi connectivity index (χ3v) is 5.28. The number of carboxylic acid groups (broad SMARTS) is 2. The van der Waals surface area contributed by atoms with E-state index in [-0.39, 0.29) is 6.42 Å². The van der Waals surface area contributed by atoms with Crippen molar-refractivity contribution in [3.63, 3.8) is 0 Å². The van der Waals surface area contributed by atoms with Crippen LogP contribution in [-0.2, 0) is 30.4 Å². The summed E-state index contributed by atoms with van der Waals surface area (Å²) < 4.78 is 0. The molecule has 5 atom stereocenters.